The van der Waals surface area contributed by atoms with Crippen LogP contribution >= 0.6 is 0 Å². The summed E-state index contributed by atoms with van der Waals surface area (Å²) in [5.41, 5.74) is 5.60. The summed E-state index contributed by atoms with van der Waals surface area (Å²) in [4.78, 5) is 11.6. The summed E-state index contributed by atoms with van der Waals surface area (Å²) in [6, 6.07) is 0. The highest BCUT2D eigenvalue weighted by Gasteiger charge is 2.60. The number of amides is 1. The van der Waals surface area contributed by atoms with E-state index in [1.165, 1.54) is 38.5 Å². The average molecular weight is 234 g/mol. The average Bonchev–Trinajstić information content (AvgIpc) is 2.80. The highest BCUT2D eigenvalue weighted by molar-refractivity contribution is 5.78. The SMILES string of the molecule is NCC(=O)NC12CC3CC4CC(C1)C(C2)C3C4. The third kappa shape index (κ3) is 1.35. The smallest absolute Gasteiger partial charge is 0.234 e. The van der Waals surface area contributed by atoms with Crippen molar-refractivity contribution in [2.75, 3.05) is 6.54 Å². The van der Waals surface area contributed by atoms with E-state index in [1.54, 1.807) is 0 Å². The van der Waals surface area contributed by atoms with Crippen LogP contribution in [0.2, 0.25) is 0 Å². The molecule has 0 radical (unpaired) electrons. The molecule has 6 unspecified atom stereocenters. The molecule has 4 rings (SSSR count). The lowest BCUT2D eigenvalue weighted by Gasteiger charge is -2.41. The molecule has 0 aromatic carbocycles. The Morgan fingerprint density at radius 1 is 1.12 bits per heavy atom. The van der Waals surface area contributed by atoms with Crippen molar-refractivity contribution < 1.29 is 4.79 Å². The summed E-state index contributed by atoms with van der Waals surface area (Å²) < 4.78 is 0. The van der Waals surface area contributed by atoms with E-state index in [1.807, 2.05) is 0 Å². The Hall–Kier alpha value is -0.570. The van der Waals surface area contributed by atoms with Crippen molar-refractivity contribution in [3.8, 4) is 0 Å². The molecule has 3 N–H and O–H groups in total. The van der Waals surface area contributed by atoms with Gasteiger partial charge in [0.05, 0.1) is 6.54 Å². The lowest BCUT2D eigenvalue weighted by atomic mass is 9.69. The van der Waals surface area contributed by atoms with Gasteiger partial charge < -0.3 is 11.1 Å². The molecule has 4 bridgehead atoms. The van der Waals surface area contributed by atoms with Crippen molar-refractivity contribution in [2.24, 2.45) is 35.3 Å². The molecule has 0 heterocycles. The first-order valence-corrected chi connectivity index (χ1v) is 7.20. The van der Waals surface area contributed by atoms with Gasteiger partial charge in [0.1, 0.15) is 0 Å². The van der Waals surface area contributed by atoms with Gasteiger partial charge >= 0.3 is 0 Å². The van der Waals surface area contributed by atoms with Crippen LogP contribution in [0.4, 0.5) is 0 Å². The Bertz CT molecular complexity index is 365. The maximum atomic E-state index is 11.6. The fourth-order valence-corrected chi connectivity index (χ4v) is 5.94. The van der Waals surface area contributed by atoms with Crippen LogP contribution in [0.3, 0.4) is 0 Å². The van der Waals surface area contributed by atoms with Gasteiger partial charge in [0.25, 0.3) is 0 Å². The first kappa shape index (κ1) is 10.4. The van der Waals surface area contributed by atoms with Crippen LogP contribution < -0.4 is 11.1 Å². The number of rotatable bonds is 2. The van der Waals surface area contributed by atoms with Crippen molar-refractivity contribution in [1.82, 2.24) is 5.32 Å². The van der Waals surface area contributed by atoms with Crippen LogP contribution in [0, 0.1) is 29.6 Å². The van der Waals surface area contributed by atoms with Crippen LogP contribution in [0.5, 0.6) is 0 Å². The predicted molar refractivity (Wildman–Crippen MR) is 65.1 cm³/mol. The van der Waals surface area contributed by atoms with Crippen molar-refractivity contribution in [3.05, 3.63) is 0 Å². The zero-order valence-corrected chi connectivity index (χ0v) is 10.3. The zero-order valence-electron chi connectivity index (χ0n) is 10.3. The largest absolute Gasteiger partial charge is 0.350 e. The highest BCUT2D eigenvalue weighted by Crippen LogP contribution is 2.65. The van der Waals surface area contributed by atoms with Crippen molar-refractivity contribution >= 4 is 5.91 Å². The maximum absolute atomic E-state index is 11.6. The normalized spacial score (nSPS) is 54.1. The Kier molecular flexibility index (Phi) is 1.98. The molecule has 4 fully saturated rings. The summed E-state index contributed by atoms with van der Waals surface area (Å²) in [5.74, 6) is 4.81. The molecule has 1 amide bonds. The first-order valence-electron chi connectivity index (χ1n) is 7.20. The van der Waals surface area contributed by atoms with E-state index in [9.17, 15) is 4.79 Å². The number of carbonyl (C=O) groups is 1. The van der Waals surface area contributed by atoms with Gasteiger partial charge in [-0.2, -0.15) is 0 Å². The van der Waals surface area contributed by atoms with Crippen LogP contribution in [-0.2, 0) is 4.79 Å². The Labute approximate surface area is 103 Å². The second-order valence-electron chi connectivity index (χ2n) is 7.07. The summed E-state index contributed by atoms with van der Waals surface area (Å²) in [6.45, 7) is 0.147. The number of carbonyl (C=O) groups excluding carboxylic acids is 1. The molecule has 0 aliphatic heterocycles. The summed E-state index contributed by atoms with van der Waals surface area (Å²) >= 11 is 0. The molecule has 3 heteroatoms. The summed E-state index contributed by atoms with van der Waals surface area (Å²) in [5, 5.41) is 3.28. The standard InChI is InChI=1S/C14H22N2O/c15-7-13(17)16-14-4-9-1-8-2-10(5-14)12(6-14)11(9)3-8/h8-12H,1-7,15H2,(H,16,17). The minimum Gasteiger partial charge on any atom is -0.350 e. The van der Waals surface area contributed by atoms with Crippen LogP contribution in [0.1, 0.15) is 38.5 Å². The molecule has 4 aliphatic carbocycles. The minimum absolute atomic E-state index is 0.0537. The van der Waals surface area contributed by atoms with E-state index in [0.717, 1.165) is 29.6 Å². The second kappa shape index (κ2) is 3.25. The third-order valence-electron chi connectivity index (χ3n) is 6.16. The fraction of sp³-hybridized carbons (Fsp3) is 0.929. The van der Waals surface area contributed by atoms with E-state index < -0.39 is 0 Å². The number of nitrogens with one attached hydrogen (secondary N) is 1. The third-order valence-corrected chi connectivity index (χ3v) is 6.16. The van der Waals surface area contributed by atoms with Crippen LogP contribution in [0.15, 0.2) is 0 Å². The highest BCUT2D eigenvalue weighted by atomic mass is 16.2. The lowest BCUT2D eigenvalue weighted by Crippen LogP contribution is -2.52. The molecule has 17 heavy (non-hydrogen) atoms. The topological polar surface area (TPSA) is 55.1 Å². The minimum atomic E-state index is 0.0537. The lowest BCUT2D eigenvalue weighted by molar-refractivity contribution is -0.122. The van der Waals surface area contributed by atoms with E-state index in [4.69, 9.17) is 5.73 Å². The summed E-state index contributed by atoms with van der Waals surface area (Å²) in [7, 11) is 0. The Morgan fingerprint density at radius 2 is 1.82 bits per heavy atom. The van der Waals surface area contributed by atoms with Gasteiger partial charge in [-0.3, -0.25) is 4.79 Å². The molecule has 4 aliphatic rings. The Balaban J connectivity index is 1.63. The first-order chi connectivity index (χ1) is 8.19. The number of nitrogens with two attached hydrogens (primary N) is 1. The number of fused-ring (bicyclic) bond motifs is 2. The van der Waals surface area contributed by atoms with Crippen molar-refractivity contribution in [2.45, 2.75) is 44.1 Å². The van der Waals surface area contributed by atoms with Gasteiger partial charge in [0, 0.05) is 5.54 Å². The molecule has 94 valence electrons. The molecule has 0 saturated heterocycles. The van der Waals surface area contributed by atoms with Crippen LogP contribution in [-0.4, -0.2) is 18.0 Å². The van der Waals surface area contributed by atoms with Gasteiger partial charge in [-0.1, -0.05) is 0 Å². The molecular formula is C14H22N2O. The Morgan fingerprint density at radius 3 is 2.53 bits per heavy atom. The molecule has 4 saturated carbocycles. The summed E-state index contributed by atoms with van der Waals surface area (Å²) in [6.07, 6.45) is 8.11. The van der Waals surface area contributed by atoms with E-state index >= 15 is 0 Å². The molecule has 0 aromatic rings. The molecule has 6 atom stereocenters. The van der Waals surface area contributed by atoms with E-state index in [0.29, 0.717) is 0 Å². The van der Waals surface area contributed by atoms with Gasteiger partial charge in [-0.05, 0) is 68.1 Å². The quantitative estimate of drug-likeness (QED) is 0.756. The molecule has 0 spiro atoms. The maximum Gasteiger partial charge on any atom is 0.234 e. The van der Waals surface area contributed by atoms with Crippen molar-refractivity contribution in [1.29, 1.82) is 0 Å². The number of hydrogen-bond donors (Lipinski definition) is 2. The monoisotopic (exact) mass is 234 g/mol. The molecular weight excluding hydrogens is 212 g/mol. The van der Waals surface area contributed by atoms with Crippen LogP contribution in [0.25, 0.3) is 0 Å². The van der Waals surface area contributed by atoms with Gasteiger partial charge in [0.15, 0.2) is 0 Å². The zero-order chi connectivity index (χ0) is 11.6. The predicted octanol–water partition coefficient (Wildman–Crippen LogP) is 1.28. The fourth-order valence-electron chi connectivity index (χ4n) is 5.94. The van der Waals surface area contributed by atoms with Gasteiger partial charge in [-0.25, -0.2) is 0 Å². The molecule has 3 nitrogen and oxygen atoms in total. The van der Waals surface area contributed by atoms with Crippen molar-refractivity contribution in [3.63, 3.8) is 0 Å². The van der Waals surface area contributed by atoms with Gasteiger partial charge in [0.2, 0.25) is 5.91 Å². The van der Waals surface area contributed by atoms with E-state index in [-0.39, 0.29) is 18.0 Å². The molecule has 0 aromatic heterocycles. The number of hydrogen-bond acceptors (Lipinski definition) is 2. The van der Waals surface area contributed by atoms with Gasteiger partial charge in [-0.15, -0.1) is 0 Å². The second-order valence-corrected chi connectivity index (χ2v) is 7.07. The van der Waals surface area contributed by atoms with E-state index in [2.05, 4.69) is 5.32 Å².